The number of nitrogens with zero attached hydrogens (tertiary/aromatic N) is 4. The van der Waals surface area contributed by atoms with E-state index in [1.54, 1.807) is 11.8 Å². The van der Waals surface area contributed by atoms with Crippen molar-refractivity contribution in [2.24, 2.45) is 5.73 Å². The second-order valence-corrected chi connectivity index (χ2v) is 5.02. The summed E-state index contributed by atoms with van der Waals surface area (Å²) in [5, 5.41) is 21.7. The SMILES string of the molecule is COCC(C)OCC(O)CSc1nnnn1CCN. The minimum Gasteiger partial charge on any atom is -0.390 e. The minimum atomic E-state index is -0.577. The molecule has 0 aliphatic heterocycles. The molecule has 8 nitrogen and oxygen atoms in total. The smallest absolute Gasteiger partial charge is 0.209 e. The summed E-state index contributed by atoms with van der Waals surface area (Å²) in [4.78, 5) is 0. The van der Waals surface area contributed by atoms with Crippen molar-refractivity contribution in [3.63, 3.8) is 0 Å². The maximum atomic E-state index is 9.80. The first-order valence-corrected chi connectivity index (χ1v) is 7.03. The van der Waals surface area contributed by atoms with Gasteiger partial charge in [-0.3, -0.25) is 0 Å². The Morgan fingerprint density at radius 3 is 2.95 bits per heavy atom. The quantitative estimate of drug-likeness (QED) is 0.536. The predicted octanol–water partition coefficient (Wildman–Crippen LogP) is -0.864. The zero-order valence-corrected chi connectivity index (χ0v) is 12.0. The molecule has 1 rings (SSSR count). The number of aliphatic hydroxyl groups is 1. The number of nitrogens with two attached hydrogens (primary N) is 1. The molecule has 0 saturated carbocycles. The number of rotatable bonds is 10. The van der Waals surface area contributed by atoms with Crippen LogP contribution < -0.4 is 5.73 Å². The monoisotopic (exact) mass is 291 g/mol. The van der Waals surface area contributed by atoms with E-state index >= 15 is 0 Å². The molecular weight excluding hydrogens is 270 g/mol. The van der Waals surface area contributed by atoms with Gasteiger partial charge in [0.2, 0.25) is 5.16 Å². The summed E-state index contributed by atoms with van der Waals surface area (Å²) in [6.45, 7) is 3.70. The molecule has 2 unspecified atom stereocenters. The van der Waals surface area contributed by atoms with Crippen LogP contribution in [0.5, 0.6) is 0 Å². The van der Waals surface area contributed by atoms with Crippen molar-refractivity contribution >= 4 is 11.8 Å². The van der Waals surface area contributed by atoms with Crippen LogP contribution in [0, 0.1) is 0 Å². The lowest BCUT2D eigenvalue weighted by Crippen LogP contribution is -2.24. The van der Waals surface area contributed by atoms with Crippen LogP contribution in [0.4, 0.5) is 0 Å². The molecule has 0 radical (unpaired) electrons. The molecule has 0 aromatic carbocycles. The van der Waals surface area contributed by atoms with E-state index in [0.29, 0.717) is 30.6 Å². The fraction of sp³-hybridized carbons (Fsp3) is 0.900. The highest BCUT2D eigenvalue weighted by atomic mass is 32.2. The first-order valence-electron chi connectivity index (χ1n) is 6.05. The van der Waals surface area contributed by atoms with Crippen molar-refractivity contribution < 1.29 is 14.6 Å². The third-order valence-corrected chi connectivity index (χ3v) is 3.32. The zero-order valence-electron chi connectivity index (χ0n) is 11.2. The normalized spacial score (nSPS) is 14.5. The third-order valence-electron chi connectivity index (χ3n) is 2.22. The van der Waals surface area contributed by atoms with Gasteiger partial charge in [0.25, 0.3) is 0 Å². The molecule has 1 heterocycles. The van der Waals surface area contributed by atoms with Gasteiger partial charge in [0.1, 0.15) is 0 Å². The molecule has 0 bridgehead atoms. The van der Waals surface area contributed by atoms with Crippen molar-refractivity contribution in [3.8, 4) is 0 Å². The minimum absolute atomic E-state index is 0.0350. The Kier molecular flexibility index (Phi) is 7.91. The first kappa shape index (κ1) is 16.3. The summed E-state index contributed by atoms with van der Waals surface area (Å²) in [7, 11) is 1.61. The van der Waals surface area contributed by atoms with Gasteiger partial charge in [-0.15, -0.1) is 5.10 Å². The van der Waals surface area contributed by atoms with Gasteiger partial charge in [-0.1, -0.05) is 11.8 Å². The topological polar surface area (TPSA) is 108 Å². The van der Waals surface area contributed by atoms with E-state index in [-0.39, 0.29) is 12.7 Å². The molecule has 1 aromatic rings. The van der Waals surface area contributed by atoms with E-state index in [1.165, 1.54) is 11.8 Å². The van der Waals surface area contributed by atoms with Gasteiger partial charge in [0, 0.05) is 19.4 Å². The molecule has 0 fully saturated rings. The van der Waals surface area contributed by atoms with Gasteiger partial charge < -0.3 is 20.3 Å². The van der Waals surface area contributed by atoms with E-state index in [4.69, 9.17) is 15.2 Å². The Labute approximate surface area is 116 Å². The van der Waals surface area contributed by atoms with Crippen molar-refractivity contribution in [1.82, 2.24) is 20.2 Å². The van der Waals surface area contributed by atoms with Gasteiger partial charge in [0.05, 0.1) is 32.0 Å². The van der Waals surface area contributed by atoms with Crippen LogP contribution in [0.2, 0.25) is 0 Å². The summed E-state index contributed by atoms with van der Waals surface area (Å²) in [6.07, 6.45) is -0.612. The Hall–Kier alpha value is -0.740. The predicted molar refractivity (Wildman–Crippen MR) is 70.9 cm³/mol. The highest BCUT2D eigenvalue weighted by Gasteiger charge is 2.12. The van der Waals surface area contributed by atoms with Crippen LogP contribution in [0.25, 0.3) is 0 Å². The van der Waals surface area contributed by atoms with Crippen LogP contribution in [-0.2, 0) is 16.0 Å². The van der Waals surface area contributed by atoms with Gasteiger partial charge in [0.15, 0.2) is 0 Å². The fourth-order valence-corrected chi connectivity index (χ4v) is 2.15. The summed E-state index contributed by atoms with van der Waals surface area (Å²) >= 11 is 1.38. The maximum absolute atomic E-state index is 9.80. The van der Waals surface area contributed by atoms with Gasteiger partial charge in [-0.05, 0) is 17.4 Å². The molecule has 0 spiro atoms. The third kappa shape index (κ3) is 6.30. The molecular formula is C10H21N5O3S. The number of ether oxygens (including phenoxy) is 2. The molecule has 0 saturated heterocycles. The summed E-state index contributed by atoms with van der Waals surface area (Å²) in [6, 6.07) is 0. The molecule has 110 valence electrons. The van der Waals surface area contributed by atoms with Gasteiger partial charge >= 0.3 is 0 Å². The zero-order chi connectivity index (χ0) is 14.1. The number of tetrazole rings is 1. The number of hydrogen-bond donors (Lipinski definition) is 2. The highest BCUT2D eigenvalue weighted by Crippen LogP contribution is 2.14. The lowest BCUT2D eigenvalue weighted by molar-refractivity contribution is -0.0257. The van der Waals surface area contributed by atoms with Crippen LogP contribution in [-0.4, -0.2) is 70.1 Å². The highest BCUT2D eigenvalue weighted by molar-refractivity contribution is 7.99. The van der Waals surface area contributed by atoms with Gasteiger partial charge in [-0.25, -0.2) is 4.68 Å². The molecule has 0 aliphatic carbocycles. The molecule has 1 aromatic heterocycles. The fourth-order valence-electron chi connectivity index (χ4n) is 1.34. The summed E-state index contributed by atoms with van der Waals surface area (Å²) in [5.74, 6) is 0.463. The number of aromatic nitrogens is 4. The van der Waals surface area contributed by atoms with E-state index < -0.39 is 6.10 Å². The summed E-state index contributed by atoms with van der Waals surface area (Å²) < 4.78 is 12.0. The lowest BCUT2D eigenvalue weighted by atomic mass is 10.4. The van der Waals surface area contributed by atoms with E-state index in [2.05, 4.69) is 15.5 Å². The van der Waals surface area contributed by atoms with Crippen molar-refractivity contribution in [3.05, 3.63) is 0 Å². The summed E-state index contributed by atoms with van der Waals surface area (Å²) in [5.41, 5.74) is 5.45. The molecule has 0 aliphatic rings. The number of hydrogen-bond acceptors (Lipinski definition) is 8. The number of aliphatic hydroxyl groups excluding tert-OH is 1. The second-order valence-electron chi connectivity index (χ2n) is 4.04. The standard InChI is InChI=1S/C10H21N5O3S/c1-8(5-17-2)18-6-9(16)7-19-10-12-13-14-15(10)4-3-11/h8-9,16H,3-7,11H2,1-2H3. The van der Waals surface area contributed by atoms with Crippen LogP contribution in [0.15, 0.2) is 5.16 Å². The Bertz CT molecular complexity index is 352. The number of methoxy groups -OCH3 is 1. The van der Waals surface area contributed by atoms with E-state index in [0.717, 1.165) is 0 Å². The lowest BCUT2D eigenvalue weighted by Gasteiger charge is -2.15. The Balaban J connectivity index is 2.25. The average molecular weight is 291 g/mol. The number of thioether (sulfide) groups is 1. The first-order chi connectivity index (χ1) is 9.17. The van der Waals surface area contributed by atoms with Crippen molar-refractivity contribution in [2.75, 3.05) is 32.6 Å². The van der Waals surface area contributed by atoms with Crippen LogP contribution >= 0.6 is 11.8 Å². The molecule has 0 amide bonds. The molecule has 9 heteroatoms. The average Bonchev–Trinajstić information content (AvgIpc) is 2.82. The second kappa shape index (κ2) is 9.21. The Morgan fingerprint density at radius 2 is 2.26 bits per heavy atom. The van der Waals surface area contributed by atoms with Crippen molar-refractivity contribution in [2.45, 2.75) is 30.8 Å². The van der Waals surface area contributed by atoms with Crippen LogP contribution in [0.1, 0.15) is 6.92 Å². The largest absolute Gasteiger partial charge is 0.390 e. The van der Waals surface area contributed by atoms with Gasteiger partial charge in [-0.2, -0.15) is 0 Å². The molecule has 3 N–H and O–H groups in total. The molecule has 2 atom stereocenters. The van der Waals surface area contributed by atoms with E-state index in [9.17, 15) is 5.11 Å². The van der Waals surface area contributed by atoms with E-state index in [1.807, 2.05) is 6.92 Å². The molecule has 19 heavy (non-hydrogen) atoms. The maximum Gasteiger partial charge on any atom is 0.209 e. The Morgan fingerprint density at radius 1 is 1.47 bits per heavy atom. The van der Waals surface area contributed by atoms with Crippen LogP contribution in [0.3, 0.4) is 0 Å². The van der Waals surface area contributed by atoms with Crippen molar-refractivity contribution in [1.29, 1.82) is 0 Å².